The molecule has 29 heavy (non-hydrogen) atoms. The minimum absolute atomic E-state index is 0.0221. The number of rotatable bonds is 6. The fourth-order valence-corrected chi connectivity index (χ4v) is 4.92. The van der Waals surface area contributed by atoms with Gasteiger partial charge in [0, 0.05) is 11.7 Å². The zero-order chi connectivity index (χ0) is 22.1. The number of amides is 2. The molecule has 1 aromatic carbocycles. The van der Waals surface area contributed by atoms with Crippen LogP contribution in [0.25, 0.3) is 0 Å². The zero-order valence-corrected chi connectivity index (χ0v) is 16.8. The van der Waals surface area contributed by atoms with Crippen molar-refractivity contribution in [2.24, 2.45) is 5.73 Å². The summed E-state index contributed by atoms with van der Waals surface area (Å²) in [7, 11) is 0. The SMILES string of the molecule is CC(=O)N1C(C(NC(=O)C(N)c2ccc(O)cc2)C(=O)O)SC(C)(C)C1C(=O)O. The number of nitrogens with zero attached hydrogens (tertiary/aromatic N) is 1. The normalized spacial score (nSPS) is 22.6. The van der Waals surface area contributed by atoms with Crippen LogP contribution >= 0.6 is 11.8 Å². The molecule has 6 N–H and O–H groups in total. The quantitative estimate of drug-likeness (QED) is 0.424. The summed E-state index contributed by atoms with van der Waals surface area (Å²) in [5.74, 6) is -4.16. The van der Waals surface area contributed by atoms with E-state index in [1.54, 1.807) is 13.8 Å². The standard InChI is InChI=1S/C18H23N3O7S/c1-8(22)21-13(17(27)28)18(2,3)29-15(21)12(16(25)26)20-14(24)11(19)9-4-6-10(23)7-5-9/h4-7,11-13,15,23H,19H2,1-3H3,(H,20,24)(H,25,26)(H,27,28). The maximum atomic E-state index is 12.6. The van der Waals surface area contributed by atoms with E-state index in [1.165, 1.54) is 24.3 Å². The van der Waals surface area contributed by atoms with Gasteiger partial charge in [0.1, 0.15) is 23.2 Å². The average molecular weight is 425 g/mol. The molecule has 0 bridgehead atoms. The second-order valence-corrected chi connectivity index (χ2v) is 8.94. The number of hydrogen-bond donors (Lipinski definition) is 5. The van der Waals surface area contributed by atoms with Gasteiger partial charge >= 0.3 is 11.9 Å². The summed E-state index contributed by atoms with van der Waals surface area (Å²) in [6.07, 6.45) is 0. The van der Waals surface area contributed by atoms with Gasteiger partial charge in [0.25, 0.3) is 0 Å². The van der Waals surface area contributed by atoms with Gasteiger partial charge in [-0.1, -0.05) is 12.1 Å². The number of carboxylic acid groups (broad SMARTS) is 2. The topological polar surface area (TPSA) is 170 Å². The first-order chi connectivity index (χ1) is 13.4. The van der Waals surface area contributed by atoms with Crippen molar-refractivity contribution >= 4 is 35.5 Å². The predicted octanol–water partition coefficient (Wildman–Crippen LogP) is 0.115. The molecule has 2 rings (SSSR count). The van der Waals surface area contributed by atoms with E-state index in [4.69, 9.17) is 5.73 Å². The summed E-state index contributed by atoms with van der Waals surface area (Å²) < 4.78 is -0.986. The van der Waals surface area contributed by atoms with Gasteiger partial charge in [-0.2, -0.15) is 0 Å². The van der Waals surface area contributed by atoms with Crippen LogP contribution in [0, 0.1) is 0 Å². The van der Waals surface area contributed by atoms with Crippen molar-refractivity contribution in [3.05, 3.63) is 29.8 Å². The molecule has 4 unspecified atom stereocenters. The van der Waals surface area contributed by atoms with Crippen molar-refractivity contribution in [1.29, 1.82) is 0 Å². The van der Waals surface area contributed by atoms with Crippen LogP contribution in [0.5, 0.6) is 5.75 Å². The number of carboxylic acids is 2. The van der Waals surface area contributed by atoms with Gasteiger partial charge in [-0.05, 0) is 31.5 Å². The molecule has 4 atom stereocenters. The average Bonchev–Trinajstić information content (AvgIpc) is 2.90. The Kier molecular flexibility index (Phi) is 6.43. The third kappa shape index (κ3) is 4.62. The highest BCUT2D eigenvalue weighted by molar-refractivity contribution is 8.01. The van der Waals surface area contributed by atoms with Gasteiger partial charge in [0.15, 0.2) is 6.04 Å². The second kappa shape index (κ2) is 8.29. The molecular formula is C18H23N3O7S. The van der Waals surface area contributed by atoms with Crippen molar-refractivity contribution < 1.29 is 34.5 Å². The Morgan fingerprint density at radius 1 is 1.17 bits per heavy atom. The van der Waals surface area contributed by atoms with Gasteiger partial charge in [0.2, 0.25) is 11.8 Å². The number of phenols is 1. The molecule has 10 nitrogen and oxygen atoms in total. The first-order valence-corrected chi connectivity index (χ1v) is 9.52. The minimum Gasteiger partial charge on any atom is -0.508 e. The number of carbonyl (C=O) groups is 4. The van der Waals surface area contributed by atoms with Crippen LogP contribution in [0.4, 0.5) is 0 Å². The number of nitrogens with two attached hydrogens (primary N) is 1. The van der Waals surface area contributed by atoms with Crippen LogP contribution in [-0.4, -0.2) is 66.2 Å². The van der Waals surface area contributed by atoms with Crippen LogP contribution in [0.3, 0.4) is 0 Å². The molecule has 1 fully saturated rings. The lowest BCUT2D eigenvalue weighted by molar-refractivity contribution is -0.153. The lowest BCUT2D eigenvalue weighted by atomic mass is 10.0. The zero-order valence-electron chi connectivity index (χ0n) is 16.0. The highest BCUT2D eigenvalue weighted by atomic mass is 32.2. The molecular weight excluding hydrogens is 402 g/mol. The number of phenolic OH excluding ortho intramolecular Hbond substituents is 1. The minimum atomic E-state index is -1.58. The smallest absolute Gasteiger partial charge is 0.329 e. The largest absolute Gasteiger partial charge is 0.508 e. The van der Waals surface area contributed by atoms with Crippen LogP contribution < -0.4 is 11.1 Å². The lowest BCUT2D eigenvalue weighted by Gasteiger charge is -2.31. The van der Waals surface area contributed by atoms with Crippen LogP contribution in [0.2, 0.25) is 0 Å². The molecule has 1 aromatic rings. The van der Waals surface area contributed by atoms with Crippen LogP contribution in [-0.2, 0) is 19.2 Å². The molecule has 1 saturated heterocycles. The molecule has 0 spiro atoms. The number of nitrogens with one attached hydrogen (secondary N) is 1. The molecule has 0 saturated carbocycles. The molecule has 0 aliphatic carbocycles. The highest BCUT2D eigenvalue weighted by Gasteiger charge is 2.56. The van der Waals surface area contributed by atoms with Gasteiger partial charge in [-0.25, -0.2) is 9.59 Å². The summed E-state index contributed by atoms with van der Waals surface area (Å²) in [6.45, 7) is 4.33. The lowest BCUT2D eigenvalue weighted by Crippen LogP contribution is -2.58. The summed E-state index contributed by atoms with van der Waals surface area (Å²) >= 11 is 0.983. The maximum Gasteiger partial charge on any atom is 0.329 e. The Morgan fingerprint density at radius 2 is 1.72 bits per heavy atom. The number of benzene rings is 1. The van der Waals surface area contributed by atoms with Crippen molar-refractivity contribution in [2.45, 2.75) is 49.0 Å². The monoisotopic (exact) mass is 425 g/mol. The van der Waals surface area contributed by atoms with E-state index >= 15 is 0 Å². The number of aromatic hydroxyl groups is 1. The molecule has 2 amide bonds. The molecule has 1 aliphatic heterocycles. The highest BCUT2D eigenvalue weighted by Crippen LogP contribution is 2.45. The third-order valence-corrected chi connectivity index (χ3v) is 6.19. The van der Waals surface area contributed by atoms with Gasteiger partial charge < -0.3 is 31.3 Å². The first kappa shape index (κ1) is 22.5. The van der Waals surface area contributed by atoms with Gasteiger partial charge in [-0.3, -0.25) is 9.59 Å². The van der Waals surface area contributed by atoms with Crippen molar-refractivity contribution in [3.63, 3.8) is 0 Å². The van der Waals surface area contributed by atoms with Crippen LogP contribution in [0.15, 0.2) is 24.3 Å². The third-order valence-electron chi connectivity index (χ3n) is 4.62. The Balaban J connectivity index is 2.31. The molecule has 158 valence electrons. The van der Waals surface area contributed by atoms with E-state index in [9.17, 15) is 34.5 Å². The van der Waals surface area contributed by atoms with E-state index in [0.29, 0.717) is 5.56 Å². The van der Waals surface area contributed by atoms with Crippen molar-refractivity contribution in [3.8, 4) is 5.75 Å². The van der Waals surface area contributed by atoms with Gasteiger partial charge in [-0.15, -0.1) is 11.8 Å². The number of aliphatic carboxylic acids is 2. The van der Waals surface area contributed by atoms with Crippen LogP contribution in [0.1, 0.15) is 32.4 Å². The Morgan fingerprint density at radius 3 is 2.17 bits per heavy atom. The number of carbonyl (C=O) groups excluding carboxylic acids is 2. The summed E-state index contributed by atoms with van der Waals surface area (Å²) in [4.78, 5) is 49.3. The van der Waals surface area contributed by atoms with E-state index < -0.39 is 52.0 Å². The van der Waals surface area contributed by atoms with Gasteiger partial charge in [0.05, 0.1) is 0 Å². The first-order valence-electron chi connectivity index (χ1n) is 8.64. The van der Waals surface area contributed by atoms with E-state index in [-0.39, 0.29) is 5.75 Å². The van der Waals surface area contributed by atoms with E-state index in [2.05, 4.69) is 5.32 Å². The molecule has 0 radical (unpaired) electrons. The molecule has 0 aromatic heterocycles. The summed E-state index contributed by atoms with van der Waals surface area (Å²) in [5.41, 5.74) is 6.23. The summed E-state index contributed by atoms with van der Waals surface area (Å²) in [5, 5.41) is 29.8. The molecule has 1 aliphatic rings. The Labute approximate surface area is 171 Å². The number of hydrogen-bond acceptors (Lipinski definition) is 7. The molecule has 1 heterocycles. The second-order valence-electron chi connectivity index (χ2n) is 7.17. The Hall–Kier alpha value is -2.79. The van der Waals surface area contributed by atoms with E-state index in [1.807, 2.05) is 0 Å². The van der Waals surface area contributed by atoms with Crippen molar-refractivity contribution in [1.82, 2.24) is 10.2 Å². The number of thioether (sulfide) groups is 1. The fraction of sp³-hybridized carbons (Fsp3) is 0.444. The Bertz CT molecular complexity index is 827. The molecule has 11 heteroatoms. The fourth-order valence-electron chi connectivity index (χ4n) is 3.25. The van der Waals surface area contributed by atoms with E-state index in [0.717, 1.165) is 23.6 Å². The maximum absolute atomic E-state index is 12.6. The summed E-state index contributed by atoms with van der Waals surface area (Å²) in [6, 6.07) is 1.44. The van der Waals surface area contributed by atoms with Crippen molar-refractivity contribution in [2.75, 3.05) is 0 Å². The predicted molar refractivity (Wildman–Crippen MR) is 104 cm³/mol.